The lowest BCUT2D eigenvalue weighted by molar-refractivity contribution is -0.124. The Hall–Kier alpha value is -1.04. The van der Waals surface area contributed by atoms with Crippen molar-refractivity contribution in [1.29, 1.82) is 5.26 Å². The van der Waals surface area contributed by atoms with Crippen molar-refractivity contribution < 1.29 is 4.79 Å². The summed E-state index contributed by atoms with van der Waals surface area (Å²) in [5, 5.41) is 11.6. The fourth-order valence-electron chi connectivity index (χ4n) is 2.63. The van der Waals surface area contributed by atoms with E-state index in [4.69, 9.17) is 5.26 Å². The van der Waals surface area contributed by atoms with Crippen molar-refractivity contribution >= 4 is 5.91 Å². The average Bonchev–Trinajstić information content (AvgIpc) is 2.61. The summed E-state index contributed by atoms with van der Waals surface area (Å²) < 4.78 is 0. The van der Waals surface area contributed by atoms with E-state index in [1.54, 1.807) is 13.8 Å². The lowest BCUT2D eigenvalue weighted by Crippen LogP contribution is -2.43. The van der Waals surface area contributed by atoms with E-state index < -0.39 is 5.54 Å². The Morgan fingerprint density at radius 2 is 2.00 bits per heavy atom. The molecule has 0 spiro atoms. The molecule has 0 radical (unpaired) electrons. The van der Waals surface area contributed by atoms with Crippen LogP contribution in [0.25, 0.3) is 0 Å². The van der Waals surface area contributed by atoms with Gasteiger partial charge in [0.25, 0.3) is 0 Å². The highest BCUT2D eigenvalue weighted by Gasteiger charge is 2.56. The van der Waals surface area contributed by atoms with Crippen LogP contribution in [0.15, 0.2) is 0 Å². The van der Waals surface area contributed by atoms with Crippen LogP contribution in [0.2, 0.25) is 0 Å². The predicted molar refractivity (Wildman–Crippen MR) is 52.2 cm³/mol. The molecule has 0 saturated heterocycles. The minimum absolute atomic E-state index is 0.0891. The third-order valence-electron chi connectivity index (χ3n) is 3.42. The first-order valence-electron chi connectivity index (χ1n) is 5.28. The number of carbonyl (C=O) groups is 1. The number of nitrogens with one attached hydrogen (secondary N) is 1. The number of nitriles is 1. The first kappa shape index (κ1) is 9.51. The maximum Gasteiger partial charge on any atom is 0.224 e. The summed E-state index contributed by atoms with van der Waals surface area (Å²) in [5.74, 6) is 1.57. The maximum atomic E-state index is 11.7. The van der Waals surface area contributed by atoms with Gasteiger partial charge in [0.1, 0.15) is 5.54 Å². The highest BCUT2D eigenvalue weighted by Crippen LogP contribution is 2.57. The molecule has 2 fully saturated rings. The molecule has 0 aliphatic heterocycles. The van der Waals surface area contributed by atoms with Crippen molar-refractivity contribution in [2.75, 3.05) is 0 Å². The molecule has 76 valence electrons. The molecule has 2 aliphatic carbocycles. The predicted octanol–water partition coefficient (Wildman–Crippen LogP) is 1.45. The van der Waals surface area contributed by atoms with Crippen LogP contribution in [0.1, 0.15) is 33.1 Å². The largest absolute Gasteiger partial charge is 0.338 e. The summed E-state index contributed by atoms with van der Waals surface area (Å²) in [6.07, 6.45) is 3.69. The van der Waals surface area contributed by atoms with E-state index in [9.17, 15) is 4.79 Å². The standard InChI is InChI=1S/C11H16N2O/c1-11(2,6-12)13-10(14)9-7-4-3-5-8(7)9/h7-9H,3-5H2,1-2H3,(H,13,14). The summed E-state index contributed by atoms with van der Waals surface area (Å²) in [7, 11) is 0. The molecular weight excluding hydrogens is 176 g/mol. The lowest BCUT2D eigenvalue weighted by Gasteiger charge is -2.17. The summed E-state index contributed by atoms with van der Waals surface area (Å²) in [6.45, 7) is 3.48. The molecule has 1 amide bonds. The molecule has 3 nitrogen and oxygen atoms in total. The highest BCUT2D eigenvalue weighted by atomic mass is 16.2. The van der Waals surface area contributed by atoms with Gasteiger partial charge in [0.2, 0.25) is 5.91 Å². The third kappa shape index (κ3) is 1.50. The van der Waals surface area contributed by atoms with Gasteiger partial charge in [0, 0.05) is 5.92 Å². The Balaban J connectivity index is 1.90. The zero-order chi connectivity index (χ0) is 10.3. The SMILES string of the molecule is CC(C)(C#N)NC(=O)C1C2CCCC21. The van der Waals surface area contributed by atoms with Crippen LogP contribution in [0.3, 0.4) is 0 Å². The van der Waals surface area contributed by atoms with Crippen molar-refractivity contribution in [3.63, 3.8) is 0 Å². The van der Waals surface area contributed by atoms with E-state index in [0.29, 0.717) is 11.8 Å². The van der Waals surface area contributed by atoms with Gasteiger partial charge in [-0.15, -0.1) is 0 Å². The van der Waals surface area contributed by atoms with Crippen LogP contribution >= 0.6 is 0 Å². The molecule has 2 unspecified atom stereocenters. The number of carbonyl (C=O) groups excluding carboxylic acids is 1. The molecule has 0 aromatic rings. The number of nitrogens with zero attached hydrogens (tertiary/aromatic N) is 1. The number of hydrogen-bond donors (Lipinski definition) is 1. The second-order valence-electron chi connectivity index (χ2n) is 5.01. The third-order valence-corrected chi connectivity index (χ3v) is 3.42. The number of hydrogen-bond acceptors (Lipinski definition) is 2. The van der Waals surface area contributed by atoms with Crippen LogP contribution < -0.4 is 5.32 Å². The van der Waals surface area contributed by atoms with Gasteiger partial charge >= 0.3 is 0 Å². The summed E-state index contributed by atoms with van der Waals surface area (Å²) >= 11 is 0. The Labute approximate surface area is 84.5 Å². The monoisotopic (exact) mass is 192 g/mol. The van der Waals surface area contributed by atoms with Crippen LogP contribution in [0.5, 0.6) is 0 Å². The zero-order valence-corrected chi connectivity index (χ0v) is 8.71. The zero-order valence-electron chi connectivity index (χ0n) is 8.71. The van der Waals surface area contributed by atoms with Crippen molar-refractivity contribution in [1.82, 2.24) is 5.32 Å². The molecular formula is C11H16N2O. The molecule has 0 heterocycles. The van der Waals surface area contributed by atoms with Gasteiger partial charge in [0.05, 0.1) is 6.07 Å². The fraction of sp³-hybridized carbons (Fsp3) is 0.818. The first-order valence-corrected chi connectivity index (χ1v) is 5.28. The van der Waals surface area contributed by atoms with Crippen LogP contribution in [0.4, 0.5) is 0 Å². The van der Waals surface area contributed by atoms with Crippen molar-refractivity contribution in [3.8, 4) is 6.07 Å². The number of rotatable bonds is 2. The summed E-state index contributed by atoms with van der Waals surface area (Å²) in [5.41, 5.74) is -0.714. The van der Waals surface area contributed by atoms with E-state index in [1.807, 2.05) is 0 Å². The van der Waals surface area contributed by atoms with Gasteiger partial charge in [-0.1, -0.05) is 6.42 Å². The van der Waals surface area contributed by atoms with Gasteiger partial charge in [-0.05, 0) is 38.5 Å². The number of amides is 1. The Morgan fingerprint density at radius 1 is 1.43 bits per heavy atom. The second-order valence-corrected chi connectivity index (χ2v) is 5.01. The second kappa shape index (κ2) is 2.98. The molecule has 0 bridgehead atoms. The highest BCUT2D eigenvalue weighted by molar-refractivity contribution is 5.83. The molecule has 0 aromatic carbocycles. The quantitative estimate of drug-likeness (QED) is 0.720. The van der Waals surface area contributed by atoms with E-state index >= 15 is 0 Å². The number of fused-ring (bicyclic) bond motifs is 1. The normalized spacial score (nSPS) is 34.5. The van der Waals surface area contributed by atoms with Crippen molar-refractivity contribution in [2.45, 2.75) is 38.6 Å². The molecule has 2 aliphatic rings. The van der Waals surface area contributed by atoms with Gasteiger partial charge in [0.15, 0.2) is 0 Å². The first-order chi connectivity index (χ1) is 6.55. The van der Waals surface area contributed by atoms with Crippen LogP contribution in [0, 0.1) is 29.1 Å². The molecule has 2 rings (SSSR count). The van der Waals surface area contributed by atoms with Crippen LogP contribution in [-0.2, 0) is 4.79 Å². The van der Waals surface area contributed by atoms with E-state index in [-0.39, 0.29) is 11.8 Å². The molecule has 3 heteroatoms. The lowest BCUT2D eigenvalue weighted by atomic mass is 10.1. The minimum atomic E-state index is -0.714. The average molecular weight is 192 g/mol. The Kier molecular flexibility index (Phi) is 2.02. The Bertz CT molecular complexity index is 293. The van der Waals surface area contributed by atoms with E-state index in [1.165, 1.54) is 19.3 Å². The molecule has 2 saturated carbocycles. The van der Waals surface area contributed by atoms with Gasteiger partial charge in [-0.3, -0.25) is 4.79 Å². The van der Waals surface area contributed by atoms with Crippen molar-refractivity contribution in [2.24, 2.45) is 17.8 Å². The summed E-state index contributed by atoms with van der Waals surface area (Å²) in [6, 6.07) is 2.09. The van der Waals surface area contributed by atoms with Crippen molar-refractivity contribution in [3.05, 3.63) is 0 Å². The molecule has 1 N–H and O–H groups in total. The molecule has 0 aromatic heterocycles. The topological polar surface area (TPSA) is 52.9 Å². The van der Waals surface area contributed by atoms with Gasteiger partial charge < -0.3 is 5.32 Å². The molecule has 14 heavy (non-hydrogen) atoms. The molecule has 2 atom stereocenters. The fourth-order valence-corrected chi connectivity index (χ4v) is 2.63. The smallest absolute Gasteiger partial charge is 0.224 e. The minimum Gasteiger partial charge on any atom is -0.338 e. The van der Waals surface area contributed by atoms with Crippen LogP contribution in [-0.4, -0.2) is 11.4 Å². The van der Waals surface area contributed by atoms with Gasteiger partial charge in [-0.25, -0.2) is 0 Å². The van der Waals surface area contributed by atoms with E-state index in [2.05, 4.69) is 11.4 Å². The van der Waals surface area contributed by atoms with E-state index in [0.717, 1.165) is 0 Å². The van der Waals surface area contributed by atoms with Gasteiger partial charge in [-0.2, -0.15) is 5.26 Å². The maximum absolute atomic E-state index is 11.7. The summed E-state index contributed by atoms with van der Waals surface area (Å²) in [4.78, 5) is 11.7. The Morgan fingerprint density at radius 3 is 2.50 bits per heavy atom.